The maximum Gasteiger partial charge on any atom is 0.270 e. The van der Waals surface area contributed by atoms with Gasteiger partial charge in [0, 0.05) is 0 Å². The molecule has 0 aromatic rings. The van der Waals surface area contributed by atoms with E-state index in [0.717, 1.165) is 0 Å². The molecule has 0 saturated heterocycles. The number of alkyl halides is 3. The van der Waals surface area contributed by atoms with Crippen LogP contribution in [0, 0.1) is 11.3 Å². The van der Waals surface area contributed by atoms with Gasteiger partial charge in [-0.15, -0.1) is 0 Å². The molecule has 1 atom stereocenters. The SMILES string of the molecule is N#CCC(F)C(F)F. The average molecular weight is 123 g/mol. The molecule has 0 bridgehead atoms. The predicted molar refractivity (Wildman–Crippen MR) is 21.1 cm³/mol. The molecule has 0 aliphatic heterocycles. The second-order valence-electron chi connectivity index (χ2n) is 1.21. The summed E-state index contributed by atoms with van der Waals surface area (Å²) in [5.74, 6) is 0. The number of hydrogen-bond donors (Lipinski definition) is 0. The van der Waals surface area contributed by atoms with Crippen molar-refractivity contribution >= 4 is 0 Å². The predicted octanol–water partition coefficient (Wildman–Crippen LogP) is 1.50. The molecule has 0 aromatic heterocycles. The van der Waals surface area contributed by atoms with Crippen molar-refractivity contribution in [2.75, 3.05) is 0 Å². The molecule has 0 saturated carbocycles. The zero-order chi connectivity index (χ0) is 6.57. The number of hydrogen-bond acceptors (Lipinski definition) is 1. The molecule has 0 heterocycles. The Bertz CT molecular complexity index is 95.9. The highest BCUT2D eigenvalue weighted by atomic mass is 19.3. The Morgan fingerprint density at radius 3 is 2.00 bits per heavy atom. The minimum atomic E-state index is -3.02. The average Bonchev–Trinajstić information content (AvgIpc) is 1.67. The molecule has 0 spiro atoms. The van der Waals surface area contributed by atoms with E-state index >= 15 is 0 Å². The van der Waals surface area contributed by atoms with Crippen LogP contribution >= 0.6 is 0 Å². The van der Waals surface area contributed by atoms with Crippen molar-refractivity contribution in [3.8, 4) is 6.07 Å². The molecule has 0 amide bonds. The van der Waals surface area contributed by atoms with Crippen LogP contribution in [0.4, 0.5) is 13.2 Å². The third-order valence-corrected chi connectivity index (χ3v) is 0.560. The topological polar surface area (TPSA) is 23.8 Å². The monoisotopic (exact) mass is 123 g/mol. The Labute approximate surface area is 44.7 Å². The van der Waals surface area contributed by atoms with Gasteiger partial charge < -0.3 is 0 Å². The molecule has 46 valence electrons. The van der Waals surface area contributed by atoms with E-state index in [1.54, 1.807) is 0 Å². The van der Waals surface area contributed by atoms with Crippen LogP contribution in [0.25, 0.3) is 0 Å². The van der Waals surface area contributed by atoms with Gasteiger partial charge in [-0.1, -0.05) is 0 Å². The van der Waals surface area contributed by atoms with Crippen molar-refractivity contribution < 1.29 is 13.2 Å². The molecule has 0 aliphatic carbocycles. The zero-order valence-electron chi connectivity index (χ0n) is 3.94. The van der Waals surface area contributed by atoms with E-state index in [-0.39, 0.29) is 0 Å². The fourth-order valence-electron chi connectivity index (χ4n) is 0.176. The molecule has 0 radical (unpaired) electrons. The highest BCUT2D eigenvalue weighted by Crippen LogP contribution is 2.07. The molecular formula is C4H4F3N. The van der Waals surface area contributed by atoms with Gasteiger partial charge in [-0.2, -0.15) is 5.26 Å². The summed E-state index contributed by atoms with van der Waals surface area (Å²) in [6.45, 7) is 0. The second-order valence-corrected chi connectivity index (χ2v) is 1.21. The van der Waals surface area contributed by atoms with Crippen molar-refractivity contribution in [3.63, 3.8) is 0 Å². The van der Waals surface area contributed by atoms with Crippen LogP contribution in [0.15, 0.2) is 0 Å². The lowest BCUT2D eigenvalue weighted by Crippen LogP contribution is -2.09. The second kappa shape index (κ2) is 3.30. The van der Waals surface area contributed by atoms with E-state index in [1.807, 2.05) is 0 Å². The Morgan fingerprint density at radius 1 is 1.38 bits per heavy atom. The van der Waals surface area contributed by atoms with E-state index in [2.05, 4.69) is 0 Å². The van der Waals surface area contributed by atoms with Crippen LogP contribution in [-0.4, -0.2) is 12.6 Å². The van der Waals surface area contributed by atoms with Crippen LogP contribution in [0.3, 0.4) is 0 Å². The van der Waals surface area contributed by atoms with Gasteiger partial charge >= 0.3 is 0 Å². The molecule has 1 unspecified atom stereocenters. The first-order chi connectivity index (χ1) is 3.68. The lowest BCUT2D eigenvalue weighted by Gasteiger charge is -1.97. The van der Waals surface area contributed by atoms with E-state index in [1.165, 1.54) is 6.07 Å². The summed E-state index contributed by atoms with van der Waals surface area (Å²) in [7, 11) is 0. The quantitative estimate of drug-likeness (QED) is 0.545. The van der Waals surface area contributed by atoms with Gasteiger partial charge in [0.2, 0.25) is 0 Å². The van der Waals surface area contributed by atoms with E-state index in [4.69, 9.17) is 5.26 Å². The van der Waals surface area contributed by atoms with Crippen LogP contribution in [0.1, 0.15) is 6.42 Å². The van der Waals surface area contributed by atoms with Crippen LogP contribution < -0.4 is 0 Å². The van der Waals surface area contributed by atoms with Crippen LogP contribution in [-0.2, 0) is 0 Å². The summed E-state index contributed by atoms with van der Waals surface area (Å²) >= 11 is 0. The summed E-state index contributed by atoms with van der Waals surface area (Å²) in [6, 6.07) is 1.29. The summed E-state index contributed by atoms with van der Waals surface area (Å²) < 4.78 is 33.7. The number of halogens is 3. The van der Waals surface area contributed by atoms with E-state index in [0.29, 0.717) is 0 Å². The largest absolute Gasteiger partial charge is 0.270 e. The number of nitriles is 1. The van der Waals surface area contributed by atoms with Gasteiger partial charge in [-0.25, -0.2) is 13.2 Å². The van der Waals surface area contributed by atoms with Crippen molar-refractivity contribution in [2.45, 2.75) is 19.0 Å². The normalized spacial score (nSPS) is 13.4. The molecule has 8 heavy (non-hydrogen) atoms. The fourth-order valence-corrected chi connectivity index (χ4v) is 0.176. The number of nitrogens with zero attached hydrogens (tertiary/aromatic N) is 1. The van der Waals surface area contributed by atoms with Gasteiger partial charge in [-0.3, -0.25) is 0 Å². The first-order valence-electron chi connectivity index (χ1n) is 1.97. The summed E-state index contributed by atoms with van der Waals surface area (Å²) in [5, 5.41) is 7.66. The fraction of sp³-hybridized carbons (Fsp3) is 0.750. The minimum absolute atomic E-state index is 0.725. The Kier molecular flexibility index (Phi) is 3.01. The molecule has 0 aromatic carbocycles. The number of rotatable bonds is 2. The Morgan fingerprint density at radius 2 is 1.88 bits per heavy atom. The molecule has 0 N–H and O–H groups in total. The molecule has 4 heteroatoms. The lowest BCUT2D eigenvalue weighted by molar-refractivity contribution is 0.0526. The Hall–Kier alpha value is -0.720. The Balaban J connectivity index is 3.35. The summed E-state index contributed by atoms with van der Waals surface area (Å²) in [4.78, 5) is 0. The molecule has 1 nitrogen and oxygen atoms in total. The molecule has 0 aliphatic rings. The van der Waals surface area contributed by atoms with E-state index < -0.39 is 19.0 Å². The van der Waals surface area contributed by atoms with Crippen molar-refractivity contribution in [1.82, 2.24) is 0 Å². The van der Waals surface area contributed by atoms with Crippen molar-refractivity contribution in [2.24, 2.45) is 0 Å². The first-order valence-corrected chi connectivity index (χ1v) is 1.97. The van der Waals surface area contributed by atoms with Crippen LogP contribution in [0.2, 0.25) is 0 Å². The van der Waals surface area contributed by atoms with Gasteiger partial charge in [0.25, 0.3) is 6.43 Å². The van der Waals surface area contributed by atoms with Gasteiger partial charge in [-0.05, 0) is 0 Å². The highest BCUT2D eigenvalue weighted by Gasteiger charge is 2.17. The highest BCUT2D eigenvalue weighted by molar-refractivity contribution is 4.76. The van der Waals surface area contributed by atoms with Crippen LogP contribution in [0.5, 0.6) is 0 Å². The molecule has 0 rings (SSSR count). The van der Waals surface area contributed by atoms with Crippen molar-refractivity contribution in [1.29, 1.82) is 5.26 Å². The van der Waals surface area contributed by atoms with Gasteiger partial charge in [0.15, 0.2) is 6.17 Å². The van der Waals surface area contributed by atoms with Gasteiger partial charge in [0.05, 0.1) is 12.5 Å². The third-order valence-electron chi connectivity index (χ3n) is 0.560. The molecular weight excluding hydrogens is 119 g/mol. The van der Waals surface area contributed by atoms with Crippen molar-refractivity contribution in [3.05, 3.63) is 0 Å². The maximum atomic E-state index is 11.6. The summed E-state index contributed by atoms with van der Waals surface area (Å²) in [5.41, 5.74) is 0. The first kappa shape index (κ1) is 7.28. The van der Waals surface area contributed by atoms with Gasteiger partial charge in [0.1, 0.15) is 0 Å². The maximum absolute atomic E-state index is 11.6. The standard InChI is InChI=1S/C4H4F3N/c5-3(1-2-8)4(6)7/h3-4H,1H2. The third kappa shape index (κ3) is 2.45. The smallest absolute Gasteiger partial charge is 0.240 e. The van der Waals surface area contributed by atoms with E-state index in [9.17, 15) is 13.2 Å². The summed E-state index contributed by atoms with van der Waals surface area (Å²) in [6.07, 6.45) is -6.02. The lowest BCUT2D eigenvalue weighted by atomic mass is 10.3. The zero-order valence-corrected chi connectivity index (χ0v) is 3.94. The minimum Gasteiger partial charge on any atom is -0.240 e. The molecule has 0 fully saturated rings.